The fourth-order valence-corrected chi connectivity index (χ4v) is 5.14. The van der Waals surface area contributed by atoms with Gasteiger partial charge in [0.25, 0.3) is 0 Å². The van der Waals surface area contributed by atoms with Gasteiger partial charge in [-0.1, -0.05) is 86.6 Å². The zero-order valence-electron chi connectivity index (χ0n) is 17.4. The van der Waals surface area contributed by atoms with Crippen LogP contribution in [0.5, 0.6) is 0 Å². The second kappa shape index (κ2) is 9.30. The lowest BCUT2D eigenvalue weighted by molar-refractivity contribution is -0.759. The minimum atomic E-state index is -1.04. The number of piperidine rings is 1. The summed E-state index contributed by atoms with van der Waals surface area (Å²) in [5, 5.41) is 14.6. The van der Waals surface area contributed by atoms with Gasteiger partial charge >= 0.3 is 0 Å². The van der Waals surface area contributed by atoms with Crippen LogP contribution in [0.4, 0.5) is 4.39 Å². The number of hydrogen-bond acceptors (Lipinski definition) is 1. The molecular formula is C26H29ClFNO. The molecule has 0 spiro atoms. The fourth-order valence-electron chi connectivity index (χ4n) is 5.14. The van der Waals surface area contributed by atoms with Crippen molar-refractivity contribution in [1.29, 1.82) is 0 Å². The summed E-state index contributed by atoms with van der Waals surface area (Å²) in [4.78, 5) is 0. The maximum Gasteiger partial charge on any atom is 0.123 e. The van der Waals surface area contributed by atoms with Crippen LogP contribution in [0.25, 0.3) is 0 Å². The molecule has 2 nitrogen and oxygen atoms in total. The number of quaternary nitrogens is 1. The van der Waals surface area contributed by atoms with Crippen molar-refractivity contribution >= 4 is 0 Å². The zero-order chi connectivity index (χ0) is 20.4. The number of nitrogens with two attached hydrogens (primary N) is 1. The lowest BCUT2D eigenvalue weighted by Crippen LogP contribution is -3.00. The molecule has 4 unspecified atom stereocenters. The molecule has 1 aliphatic rings. The maximum absolute atomic E-state index is 13.6. The predicted molar refractivity (Wildman–Crippen MR) is 114 cm³/mol. The first kappa shape index (κ1) is 22.5. The Morgan fingerprint density at radius 2 is 1.40 bits per heavy atom. The standard InChI is InChI=1S/C26H28FNO.ClH/c1-18(2)24-25(20-11-7-4-8-12-20)28-23(19-9-5-3-6-10-19)17-26(24,29)21-13-15-22(27)16-14-21;/h3-16,18,23-25,28-29H,17H2,1-2H3;1H. The highest BCUT2D eigenvalue weighted by Gasteiger charge is 2.53. The van der Waals surface area contributed by atoms with Crippen LogP contribution in [-0.2, 0) is 5.60 Å². The molecule has 4 rings (SSSR count). The van der Waals surface area contributed by atoms with E-state index in [0.717, 1.165) is 5.56 Å². The molecule has 1 saturated heterocycles. The van der Waals surface area contributed by atoms with Crippen molar-refractivity contribution in [3.05, 3.63) is 107 Å². The lowest BCUT2D eigenvalue weighted by atomic mass is 9.64. The van der Waals surface area contributed by atoms with Crippen LogP contribution in [0, 0.1) is 17.7 Å². The van der Waals surface area contributed by atoms with E-state index in [4.69, 9.17) is 0 Å². The van der Waals surface area contributed by atoms with Crippen molar-refractivity contribution in [3.8, 4) is 0 Å². The summed E-state index contributed by atoms with van der Waals surface area (Å²) in [5.41, 5.74) is 2.17. The van der Waals surface area contributed by atoms with Gasteiger partial charge < -0.3 is 22.8 Å². The Bertz CT molecular complexity index is 932. The molecular weight excluding hydrogens is 397 g/mol. The molecule has 158 valence electrons. The highest BCUT2D eigenvalue weighted by Crippen LogP contribution is 2.48. The molecule has 3 N–H and O–H groups in total. The van der Waals surface area contributed by atoms with Crippen LogP contribution < -0.4 is 17.7 Å². The first-order chi connectivity index (χ1) is 14.0. The molecule has 3 aromatic carbocycles. The minimum absolute atomic E-state index is 0. The Morgan fingerprint density at radius 1 is 0.867 bits per heavy atom. The van der Waals surface area contributed by atoms with Crippen molar-refractivity contribution in [2.75, 3.05) is 0 Å². The van der Waals surface area contributed by atoms with Gasteiger partial charge in [-0.15, -0.1) is 0 Å². The summed E-state index contributed by atoms with van der Waals surface area (Å²) in [7, 11) is 0. The number of rotatable bonds is 4. The van der Waals surface area contributed by atoms with E-state index < -0.39 is 5.60 Å². The summed E-state index contributed by atoms with van der Waals surface area (Å²) in [6, 6.07) is 27.4. The second-order valence-electron chi connectivity index (χ2n) is 8.55. The summed E-state index contributed by atoms with van der Waals surface area (Å²) >= 11 is 0. The van der Waals surface area contributed by atoms with Crippen LogP contribution in [0.1, 0.15) is 49.0 Å². The third-order valence-electron chi connectivity index (χ3n) is 6.38. The van der Waals surface area contributed by atoms with Gasteiger partial charge in [0.05, 0.1) is 5.92 Å². The Hall–Kier alpha value is -2.20. The summed E-state index contributed by atoms with van der Waals surface area (Å²) < 4.78 is 13.6. The van der Waals surface area contributed by atoms with E-state index in [-0.39, 0.29) is 42.1 Å². The average molecular weight is 426 g/mol. The van der Waals surface area contributed by atoms with Crippen molar-refractivity contribution in [1.82, 2.24) is 0 Å². The van der Waals surface area contributed by atoms with E-state index in [1.165, 1.54) is 23.3 Å². The van der Waals surface area contributed by atoms with Crippen molar-refractivity contribution in [2.24, 2.45) is 11.8 Å². The molecule has 3 aromatic rings. The topological polar surface area (TPSA) is 36.8 Å². The predicted octanol–water partition coefficient (Wildman–Crippen LogP) is 1.74. The summed E-state index contributed by atoms with van der Waals surface area (Å²) in [5.74, 6) is -0.0291. The first-order valence-corrected chi connectivity index (χ1v) is 10.4. The molecule has 0 bridgehead atoms. The molecule has 0 radical (unpaired) electrons. The van der Waals surface area contributed by atoms with Gasteiger partial charge in [-0.3, -0.25) is 0 Å². The number of benzene rings is 3. The average Bonchev–Trinajstić information content (AvgIpc) is 2.74. The highest BCUT2D eigenvalue weighted by atomic mass is 35.5. The van der Waals surface area contributed by atoms with Gasteiger partial charge in [0.15, 0.2) is 0 Å². The van der Waals surface area contributed by atoms with E-state index in [1.54, 1.807) is 12.1 Å². The van der Waals surface area contributed by atoms with Gasteiger partial charge in [0.2, 0.25) is 0 Å². The lowest BCUT2D eigenvalue weighted by Gasteiger charge is -2.48. The smallest absolute Gasteiger partial charge is 0.123 e. The Morgan fingerprint density at radius 3 is 1.93 bits per heavy atom. The van der Waals surface area contributed by atoms with Crippen LogP contribution in [0.3, 0.4) is 0 Å². The molecule has 4 atom stereocenters. The first-order valence-electron chi connectivity index (χ1n) is 10.4. The normalized spacial score (nSPS) is 26.2. The highest BCUT2D eigenvalue weighted by molar-refractivity contribution is 5.30. The van der Waals surface area contributed by atoms with Gasteiger partial charge in [0, 0.05) is 17.5 Å². The van der Waals surface area contributed by atoms with Gasteiger partial charge in [-0.25, -0.2) is 4.39 Å². The van der Waals surface area contributed by atoms with Crippen molar-refractivity contribution < 1.29 is 27.2 Å². The van der Waals surface area contributed by atoms with E-state index in [0.29, 0.717) is 6.42 Å². The van der Waals surface area contributed by atoms with Crippen LogP contribution in [0.2, 0.25) is 0 Å². The Balaban J connectivity index is 0.00000256. The molecule has 1 fully saturated rings. The van der Waals surface area contributed by atoms with Gasteiger partial charge in [-0.2, -0.15) is 0 Å². The van der Waals surface area contributed by atoms with E-state index in [1.807, 2.05) is 24.3 Å². The van der Waals surface area contributed by atoms with Crippen molar-refractivity contribution in [2.45, 2.75) is 38.0 Å². The van der Waals surface area contributed by atoms with Crippen molar-refractivity contribution in [3.63, 3.8) is 0 Å². The second-order valence-corrected chi connectivity index (χ2v) is 8.55. The molecule has 0 aliphatic carbocycles. The number of halogens is 2. The molecule has 1 aliphatic heterocycles. The van der Waals surface area contributed by atoms with E-state index in [2.05, 4.69) is 55.6 Å². The quantitative estimate of drug-likeness (QED) is 0.656. The van der Waals surface area contributed by atoms with Crippen LogP contribution >= 0.6 is 0 Å². The maximum atomic E-state index is 13.6. The monoisotopic (exact) mass is 425 g/mol. The minimum Gasteiger partial charge on any atom is -1.00 e. The SMILES string of the molecule is CC(C)C1C(c2ccccc2)[NH2+]C(c2ccccc2)CC1(O)c1ccc(F)cc1.[Cl-]. The number of hydrogen-bond donors (Lipinski definition) is 2. The van der Waals surface area contributed by atoms with E-state index in [9.17, 15) is 9.50 Å². The molecule has 0 saturated carbocycles. The van der Waals surface area contributed by atoms with Gasteiger partial charge in [0.1, 0.15) is 23.5 Å². The summed E-state index contributed by atoms with van der Waals surface area (Å²) in [6.45, 7) is 4.34. The molecule has 4 heteroatoms. The fraction of sp³-hybridized carbons (Fsp3) is 0.308. The zero-order valence-corrected chi connectivity index (χ0v) is 18.1. The Labute approximate surface area is 184 Å². The van der Waals surface area contributed by atoms with Crippen LogP contribution in [0.15, 0.2) is 84.9 Å². The summed E-state index contributed by atoms with van der Waals surface area (Å²) in [6.07, 6.45) is 0.592. The third kappa shape index (κ3) is 4.29. The Kier molecular flexibility index (Phi) is 6.97. The largest absolute Gasteiger partial charge is 1.00 e. The molecule has 30 heavy (non-hydrogen) atoms. The van der Waals surface area contributed by atoms with Gasteiger partial charge in [-0.05, 0) is 23.6 Å². The molecule has 1 heterocycles. The van der Waals surface area contributed by atoms with Crippen LogP contribution in [-0.4, -0.2) is 5.11 Å². The molecule has 0 aromatic heterocycles. The number of aliphatic hydroxyl groups is 1. The van der Waals surface area contributed by atoms with E-state index >= 15 is 0 Å². The molecule has 0 amide bonds. The third-order valence-corrected chi connectivity index (χ3v) is 6.38.